The van der Waals surface area contributed by atoms with Crippen LogP contribution in [-0.4, -0.2) is 11.8 Å². The van der Waals surface area contributed by atoms with E-state index < -0.39 is 6.04 Å². The monoisotopic (exact) mass is 207 g/mol. The predicted molar refractivity (Wildman–Crippen MR) is 62.1 cm³/mol. The Hall–Kier alpha value is -0.810. The highest BCUT2D eigenvalue weighted by atomic mass is 16.1. The van der Waals surface area contributed by atoms with Crippen molar-refractivity contribution in [2.24, 2.45) is 23.5 Å². The third kappa shape index (κ3) is 3.35. The molecule has 84 valence electrons. The number of carbonyl (C=O) groups is 1. The van der Waals surface area contributed by atoms with Gasteiger partial charge in [-0.1, -0.05) is 13.8 Å². The molecular formula is C13H21NO. The van der Waals surface area contributed by atoms with E-state index in [4.69, 9.17) is 12.2 Å². The minimum absolute atomic E-state index is 0.145. The molecule has 1 aliphatic rings. The maximum Gasteiger partial charge on any atom is 0.153 e. The van der Waals surface area contributed by atoms with Gasteiger partial charge in [0.2, 0.25) is 0 Å². The van der Waals surface area contributed by atoms with E-state index in [1.165, 1.54) is 6.42 Å². The normalized spacial score (nSPS) is 33.1. The summed E-state index contributed by atoms with van der Waals surface area (Å²) in [7, 11) is 0. The van der Waals surface area contributed by atoms with Crippen molar-refractivity contribution in [1.29, 1.82) is 0 Å². The van der Waals surface area contributed by atoms with Crippen LogP contribution in [0.4, 0.5) is 0 Å². The summed E-state index contributed by atoms with van der Waals surface area (Å²) in [6.07, 6.45) is 8.75. The Balaban J connectivity index is 2.55. The van der Waals surface area contributed by atoms with E-state index >= 15 is 0 Å². The second kappa shape index (κ2) is 5.32. The summed E-state index contributed by atoms with van der Waals surface area (Å²) < 4.78 is 0. The number of hydrogen-bond donors (Lipinski definition) is 1. The Bertz CT molecular complexity index is 256. The van der Waals surface area contributed by atoms with Gasteiger partial charge in [0.25, 0.3) is 0 Å². The van der Waals surface area contributed by atoms with Crippen LogP contribution in [0.3, 0.4) is 0 Å². The minimum atomic E-state index is -0.447. The fourth-order valence-electron chi connectivity index (χ4n) is 2.71. The number of nitrogens with two attached hydrogens (primary N) is 1. The van der Waals surface area contributed by atoms with E-state index in [2.05, 4.69) is 19.8 Å². The van der Waals surface area contributed by atoms with Gasteiger partial charge in [0.05, 0.1) is 6.04 Å². The van der Waals surface area contributed by atoms with Gasteiger partial charge >= 0.3 is 0 Å². The third-order valence-electron chi connectivity index (χ3n) is 3.28. The van der Waals surface area contributed by atoms with Gasteiger partial charge in [-0.3, -0.25) is 4.79 Å². The highest BCUT2D eigenvalue weighted by Crippen LogP contribution is 2.33. The summed E-state index contributed by atoms with van der Waals surface area (Å²) in [5.74, 6) is 4.06. The first-order valence-corrected chi connectivity index (χ1v) is 5.77. The SMILES string of the molecule is C#CCC(N)C(=O)C1CC(C)CC(C)C1. The molecule has 1 fully saturated rings. The lowest BCUT2D eigenvalue weighted by atomic mass is 9.74. The van der Waals surface area contributed by atoms with Crippen molar-refractivity contribution >= 4 is 5.78 Å². The van der Waals surface area contributed by atoms with Crippen molar-refractivity contribution in [3.05, 3.63) is 0 Å². The molecule has 2 nitrogen and oxygen atoms in total. The second-order valence-electron chi connectivity index (χ2n) is 5.03. The second-order valence-corrected chi connectivity index (χ2v) is 5.03. The van der Waals surface area contributed by atoms with Crippen LogP contribution in [0.2, 0.25) is 0 Å². The van der Waals surface area contributed by atoms with E-state index in [0.717, 1.165) is 12.8 Å². The van der Waals surface area contributed by atoms with E-state index in [-0.39, 0.29) is 11.7 Å². The largest absolute Gasteiger partial charge is 0.321 e. The molecule has 0 radical (unpaired) electrons. The highest BCUT2D eigenvalue weighted by Gasteiger charge is 2.31. The first kappa shape index (κ1) is 12.3. The molecule has 1 rings (SSSR count). The maximum atomic E-state index is 12.0. The summed E-state index contributed by atoms with van der Waals surface area (Å²) in [5.41, 5.74) is 5.76. The summed E-state index contributed by atoms with van der Waals surface area (Å²) in [5, 5.41) is 0. The molecule has 0 aromatic rings. The van der Waals surface area contributed by atoms with Gasteiger partial charge in [-0.2, -0.15) is 0 Å². The van der Waals surface area contributed by atoms with Gasteiger partial charge < -0.3 is 5.73 Å². The summed E-state index contributed by atoms with van der Waals surface area (Å²) in [6, 6.07) is -0.447. The Labute approximate surface area is 92.6 Å². The third-order valence-corrected chi connectivity index (χ3v) is 3.28. The first-order chi connectivity index (χ1) is 7.04. The standard InChI is InChI=1S/C13H21NO/c1-4-5-12(14)13(15)11-7-9(2)6-10(3)8-11/h1,9-12H,5-8,14H2,2-3H3. The Kier molecular flexibility index (Phi) is 4.35. The van der Waals surface area contributed by atoms with Crippen LogP contribution in [0.25, 0.3) is 0 Å². The minimum Gasteiger partial charge on any atom is -0.321 e. The van der Waals surface area contributed by atoms with E-state index in [1.807, 2.05) is 0 Å². The number of ketones is 1. The average molecular weight is 207 g/mol. The van der Waals surface area contributed by atoms with Crippen molar-refractivity contribution in [1.82, 2.24) is 0 Å². The number of Topliss-reactive ketones (excluding diaryl/α,β-unsaturated/α-hetero) is 1. The summed E-state index contributed by atoms with van der Waals surface area (Å²) in [4.78, 5) is 12.0. The Morgan fingerprint density at radius 1 is 1.40 bits per heavy atom. The van der Waals surface area contributed by atoms with Gasteiger partial charge in [0, 0.05) is 12.3 Å². The molecule has 0 aromatic carbocycles. The molecule has 1 saturated carbocycles. The number of carbonyl (C=O) groups excluding carboxylic acids is 1. The molecule has 0 amide bonds. The molecule has 0 heterocycles. The van der Waals surface area contributed by atoms with E-state index in [0.29, 0.717) is 18.3 Å². The van der Waals surface area contributed by atoms with Crippen LogP contribution in [0, 0.1) is 30.1 Å². The van der Waals surface area contributed by atoms with Crippen molar-refractivity contribution in [3.63, 3.8) is 0 Å². The van der Waals surface area contributed by atoms with Crippen molar-refractivity contribution < 1.29 is 4.79 Å². The van der Waals surface area contributed by atoms with Crippen LogP contribution >= 0.6 is 0 Å². The van der Waals surface area contributed by atoms with E-state index in [9.17, 15) is 4.79 Å². The Morgan fingerprint density at radius 2 is 1.93 bits per heavy atom. The fraction of sp³-hybridized carbons (Fsp3) is 0.769. The van der Waals surface area contributed by atoms with Gasteiger partial charge in [0.15, 0.2) is 5.78 Å². The van der Waals surface area contributed by atoms with Gasteiger partial charge in [-0.05, 0) is 31.1 Å². The molecule has 0 spiro atoms. The highest BCUT2D eigenvalue weighted by molar-refractivity contribution is 5.86. The number of hydrogen-bond acceptors (Lipinski definition) is 2. The molecular weight excluding hydrogens is 186 g/mol. The molecule has 0 aliphatic heterocycles. The van der Waals surface area contributed by atoms with E-state index in [1.54, 1.807) is 0 Å². The van der Waals surface area contributed by atoms with Gasteiger partial charge in [-0.15, -0.1) is 12.3 Å². The summed E-state index contributed by atoms with van der Waals surface area (Å²) in [6.45, 7) is 4.42. The molecule has 2 heteroatoms. The van der Waals surface area contributed by atoms with Crippen molar-refractivity contribution in [3.8, 4) is 12.3 Å². The quantitative estimate of drug-likeness (QED) is 0.719. The predicted octanol–water partition coefficient (Wildman–Crippen LogP) is 1.98. The zero-order chi connectivity index (χ0) is 11.4. The van der Waals surface area contributed by atoms with Crippen molar-refractivity contribution in [2.75, 3.05) is 0 Å². The van der Waals surface area contributed by atoms with Crippen LogP contribution in [0.15, 0.2) is 0 Å². The molecule has 0 aromatic heterocycles. The van der Waals surface area contributed by atoms with Gasteiger partial charge in [-0.25, -0.2) is 0 Å². The molecule has 15 heavy (non-hydrogen) atoms. The van der Waals surface area contributed by atoms with Gasteiger partial charge in [0.1, 0.15) is 0 Å². The lowest BCUT2D eigenvalue weighted by Crippen LogP contribution is -2.38. The van der Waals surface area contributed by atoms with Crippen molar-refractivity contribution in [2.45, 2.75) is 45.6 Å². The molecule has 2 N–H and O–H groups in total. The fourth-order valence-corrected chi connectivity index (χ4v) is 2.71. The molecule has 0 bridgehead atoms. The zero-order valence-corrected chi connectivity index (χ0v) is 9.70. The van der Waals surface area contributed by atoms with Crippen LogP contribution in [0.5, 0.6) is 0 Å². The smallest absolute Gasteiger partial charge is 0.153 e. The molecule has 3 atom stereocenters. The summed E-state index contributed by atoms with van der Waals surface area (Å²) >= 11 is 0. The average Bonchev–Trinajstić information content (AvgIpc) is 2.15. The molecule has 3 unspecified atom stereocenters. The zero-order valence-electron chi connectivity index (χ0n) is 9.70. The molecule has 1 aliphatic carbocycles. The lowest BCUT2D eigenvalue weighted by molar-refractivity contribution is -0.126. The van der Waals surface area contributed by atoms with Crippen LogP contribution < -0.4 is 5.73 Å². The van der Waals surface area contributed by atoms with Crippen LogP contribution in [0.1, 0.15) is 39.5 Å². The first-order valence-electron chi connectivity index (χ1n) is 5.77. The van der Waals surface area contributed by atoms with Crippen LogP contribution in [-0.2, 0) is 4.79 Å². The maximum absolute atomic E-state index is 12.0. The number of rotatable bonds is 3. The topological polar surface area (TPSA) is 43.1 Å². The Morgan fingerprint density at radius 3 is 2.40 bits per heavy atom. The molecule has 0 saturated heterocycles. The number of terminal acetylenes is 1. The lowest BCUT2D eigenvalue weighted by Gasteiger charge is -2.31.